The molecule has 0 aromatic heterocycles. The van der Waals surface area contributed by atoms with Gasteiger partial charge >= 0.3 is 0 Å². The Labute approximate surface area is 115 Å². The fraction of sp³-hybridized carbons (Fsp3) is 0.867. The molecule has 1 saturated heterocycles. The van der Waals surface area contributed by atoms with Crippen molar-refractivity contribution in [2.45, 2.75) is 70.9 Å². The number of carbonyl (C=O) groups excluding carboxylic acids is 2. The molecular formula is C15H26N2O2. The molecule has 1 aliphatic carbocycles. The van der Waals surface area contributed by atoms with Crippen LogP contribution in [0.5, 0.6) is 0 Å². The van der Waals surface area contributed by atoms with Crippen LogP contribution in [0.15, 0.2) is 0 Å². The van der Waals surface area contributed by atoms with Gasteiger partial charge < -0.3 is 10.2 Å². The van der Waals surface area contributed by atoms with Gasteiger partial charge in [0.2, 0.25) is 11.8 Å². The number of hydrogen-bond donors (Lipinski definition) is 1. The first-order valence-electron chi connectivity index (χ1n) is 7.67. The highest BCUT2D eigenvalue weighted by atomic mass is 16.2. The van der Waals surface area contributed by atoms with E-state index in [2.05, 4.69) is 19.2 Å². The Morgan fingerprint density at radius 3 is 2.47 bits per heavy atom. The highest BCUT2D eigenvalue weighted by molar-refractivity contribution is 6.00. The van der Waals surface area contributed by atoms with Gasteiger partial charge in [0.1, 0.15) is 11.6 Å². The van der Waals surface area contributed by atoms with Crippen LogP contribution >= 0.6 is 0 Å². The number of carbonyl (C=O) groups is 2. The molecule has 1 aliphatic heterocycles. The molecule has 0 radical (unpaired) electrons. The van der Waals surface area contributed by atoms with Gasteiger partial charge in [0.05, 0.1) is 0 Å². The summed E-state index contributed by atoms with van der Waals surface area (Å²) in [6.07, 6.45) is 5.48. The maximum atomic E-state index is 12.6. The van der Waals surface area contributed by atoms with Crippen LogP contribution in [0.2, 0.25) is 0 Å². The molecule has 0 aromatic carbocycles. The SMILES string of the molecule is CCC(C)CN1C(=O)C(CC)NC(=O)C12CCCC2. The molecule has 0 aromatic rings. The average molecular weight is 266 g/mol. The fourth-order valence-electron chi connectivity index (χ4n) is 3.31. The highest BCUT2D eigenvalue weighted by Crippen LogP contribution is 2.39. The number of hydrogen-bond acceptors (Lipinski definition) is 2. The van der Waals surface area contributed by atoms with Gasteiger partial charge in [-0.05, 0) is 25.2 Å². The maximum Gasteiger partial charge on any atom is 0.246 e. The van der Waals surface area contributed by atoms with Crippen molar-refractivity contribution in [3.05, 3.63) is 0 Å². The number of piperazine rings is 1. The van der Waals surface area contributed by atoms with Gasteiger partial charge in [0, 0.05) is 6.54 Å². The van der Waals surface area contributed by atoms with Crippen LogP contribution in [0.25, 0.3) is 0 Å². The van der Waals surface area contributed by atoms with E-state index in [1.54, 1.807) is 0 Å². The molecule has 2 unspecified atom stereocenters. The standard InChI is InChI=1S/C15H26N2O2/c1-4-11(3)10-17-13(18)12(5-2)16-14(19)15(17)8-6-7-9-15/h11-12H,4-10H2,1-3H3,(H,16,19). The van der Waals surface area contributed by atoms with Crippen LogP contribution in [0.1, 0.15) is 59.3 Å². The Kier molecular flexibility index (Phi) is 4.16. The lowest BCUT2D eigenvalue weighted by molar-refractivity contribution is -0.158. The molecule has 0 bridgehead atoms. The molecule has 2 rings (SSSR count). The van der Waals surface area contributed by atoms with Crippen molar-refractivity contribution in [3.8, 4) is 0 Å². The Morgan fingerprint density at radius 1 is 1.32 bits per heavy atom. The van der Waals surface area contributed by atoms with Crippen molar-refractivity contribution in [2.24, 2.45) is 5.92 Å². The van der Waals surface area contributed by atoms with Gasteiger partial charge in [-0.3, -0.25) is 9.59 Å². The smallest absolute Gasteiger partial charge is 0.246 e. The molecule has 2 fully saturated rings. The van der Waals surface area contributed by atoms with Gasteiger partial charge in [-0.2, -0.15) is 0 Å². The van der Waals surface area contributed by atoms with Crippen molar-refractivity contribution < 1.29 is 9.59 Å². The Bertz CT molecular complexity index is 361. The summed E-state index contributed by atoms with van der Waals surface area (Å²) in [4.78, 5) is 27.1. The third kappa shape index (κ3) is 2.37. The average Bonchev–Trinajstić information content (AvgIpc) is 2.89. The summed E-state index contributed by atoms with van der Waals surface area (Å²) in [5, 5.41) is 2.94. The fourth-order valence-corrected chi connectivity index (χ4v) is 3.31. The van der Waals surface area contributed by atoms with Crippen molar-refractivity contribution in [3.63, 3.8) is 0 Å². The molecule has 2 aliphatic rings. The monoisotopic (exact) mass is 266 g/mol. The zero-order valence-corrected chi connectivity index (χ0v) is 12.4. The zero-order chi connectivity index (χ0) is 14.0. The third-order valence-corrected chi connectivity index (χ3v) is 4.84. The number of nitrogens with zero attached hydrogens (tertiary/aromatic N) is 1. The van der Waals surface area contributed by atoms with E-state index in [-0.39, 0.29) is 17.9 Å². The first-order chi connectivity index (χ1) is 9.05. The van der Waals surface area contributed by atoms with Crippen LogP contribution in [0.3, 0.4) is 0 Å². The minimum Gasteiger partial charge on any atom is -0.342 e. The van der Waals surface area contributed by atoms with Crippen LogP contribution in [0.4, 0.5) is 0 Å². The van der Waals surface area contributed by atoms with E-state index in [9.17, 15) is 9.59 Å². The molecule has 1 saturated carbocycles. The summed E-state index contributed by atoms with van der Waals surface area (Å²) in [5.74, 6) is 0.661. The van der Waals surface area contributed by atoms with Crippen LogP contribution in [-0.2, 0) is 9.59 Å². The quantitative estimate of drug-likeness (QED) is 0.847. The van der Waals surface area contributed by atoms with Crippen molar-refractivity contribution in [1.82, 2.24) is 10.2 Å². The summed E-state index contributed by atoms with van der Waals surface area (Å²) < 4.78 is 0. The Hall–Kier alpha value is -1.06. The minimum absolute atomic E-state index is 0.0831. The summed E-state index contributed by atoms with van der Waals surface area (Å²) in [6, 6.07) is -0.317. The van der Waals surface area contributed by atoms with Crippen LogP contribution < -0.4 is 5.32 Å². The maximum absolute atomic E-state index is 12.6. The molecule has 4 nitrogen and oxygen atoms in total. The molecule has 19 heavy (non-hydrogen) atoms. The molecule has 1 N–H and O–H groups in total. The van der Waals surface area contributed by atoms with E-state index >= 15 is 0 Å². The molecule has 2 amide bonds. The normalized spacial score (nSPS) is 27.7. The number of rotatable bonds is 4. The topological polar surface area (TPSA) is 49.4 Å². The van der Waals surface area contributed by atoms with Gasteiger partial charge in [-0.15, -0.1) is 0 Å². The second-order valence-corrected chi connectivity index (χ2v) is 6.14. The van der Waals surface area contributed by atoms with E-state index in [1.165, 1.54) is 0 Å². The van der Waals surface area contributed by atoms with E-state index < -0.39 is 5.54 Å². The van der Waals surface area contributed by atoms with Crippen molar-refractivity contribution in [2.75, 3.05) is 6.54 Å². The lowest BCUT2D eigenvalue weighted by Crippen LogP contribution is -2.70. The van der Waals surface area contributed by atoms with E-state index in [1.807, 2.05) is 11.8 Å². The molecule has 108 valence electrons. The van der Waals surface area contributed by atoms with E-state index in [4.69, 9.17) is 0 Å². The largest absolute Gasteiger partial charge is 0.342 e. The summed E-state index contributed by atoms with van der Waals surface area (Å²) >= 11 is 0. The van der Waals surface area contributed by atoms with Gasteiger partial charge in [0.15, 0.2) is 0 Å². The molecule has 1 heterocycles. The second-order valence-electron chi connectivity index (χ2n) is 6.14. The van der Waals surface area contributed by atoms with Crippen LogP contribution in [-0.4, -0.2) is 34.8 Å². The molecule has 4 heteroatoms. The lowest BCUT2D eigenvalue weighted by atomic mass is 9.87. The number of amides is 2. The first kappa shape index (κ1) is 14.4. The van der Waals surface area contributed by atoms with Crippen LogP contribution in [0, 0.1) is 5.92 Å². The predicted molar refractivity (Wildman–Crippen MR) is 74.6 cm³/mol. The Balaban J connectivity index is 2.28. The van der Waals surface area contributed by atoms with Gasteiger partial charge in [-0.25, -0.2) is 0 Å². The van der Waals surface area contributed by atoms with E-state index in [0.29, 0.717) is 12.3 Å². The molecule has 1 spiro atoms. The zero-order valence-electron chi connectivity index (χ0n) is 12.4. The molecule has 2 atom stereocenters. The third-order valence-electron chi connectivity index (χ3n) is 4.84. The molecular weight excluding hydrogens is 240 g/mol. The highest BCUT2D eigenvalue weighted by Gasteiger charge is 2.53. The summed E-state index contributed by atoms with van der Waals surface area (Å²) in [7, 11) is 0. The summed E-state index contributed by atoms with van der Waals surface area (Å²) in [6.45, 7) is 6.97. The second kappa shape index (κ2) is 5.51. The van der Waals surface area contributed by atoms with Crippen molar-refractivity contribution >= 4 is 11.8 Å². The number of nitrogens with one attached hydrogen (secondary N) is 1. The minimum atomic E-state index is -0.536. The first-order valence-corrected chi connectivity index (χ1v) is 7.67. The predicted octanol–water partition coefficient (Wildman–Crippen LogP) is 2.08. The van der Waals surface area contributed by atoms with E-state index in [0.717, 1.165) is 38.6 Å². The van der Waals surface area contributed by atoms with Gasteiger partial charge in [0.25, 0.3) is 0 Å². The Morgan fingerprint density at radius 2 is 1.95 bits per heavy atom. The van der Waals surface area contributed by atoms with Crippen molar-refractivity contribution in [1.29, 1.82) is 0 Å². The van der Waals surface area contributed by atoms with Gasteiger partial charge in [-0.1, -0.05) is 40.0 Å². The summed E-state index contributed by atoms with van der Waals surface area (Å²) in [5.41, 5.74) is -0.536. The lowest BCUT2D eigenvalue weighted by Gasteiger charge is -2.47.